The maximum atomic E-state index is 6.36. The van der Waals surface area contributed by atoms with Crippen LogP contribution in [0.1, 0.15) is 16.7 Å². The minimum absolute atomic E-state index is 0.00695. The molecule has 1 aliphatic heterocycles. The van der Waals surface area contributed by atoms with Gasteiger partial charge in [0.1, 0.15) is 0 Å². The molecule has 2 aromatic carbocycles. The number of hydrogen-bond acceptors (Lipinski definition) is 4. The molecule has 1 unspecified atom stereocenters. The van der Waals surface area contributed by atoms with E-state index in [0.717, 1.165) is 39.5 Å². The Hall–Kier alpha value is -2.56. The minimum Gasteiger partial charge on any atom is -0.397 e. The number of hydrogen-bond donors (Lipinski definition) is 2. The van der Waals surface area contributed by atoms with Crippen LogP contribution in [0.2, 0.25) is 10.0 Å². The fraction of sp³-hybridized carbons (Fsp3) is 0.143. The molecule has 1 aliphatic rings. The number of nitrogens with one attached hydrogen (secondary N) is 1. The van der Waals surface area contributed by atoms with Crippen LogP contribution in [0.25, 0.3) is 0 Å². The van der Waals surface area contributed by atoms with E-state index in [1.807, 2.05) is 48.5 Å². The van der Waals surface area contributed by atoms with Gasteiger partial charge >= 0.3 is 0 Å². The summed E-state index contributed by atoms with van der Waals surface area (Å²) in [4.78, 5) is 9.28. The van der Waals surface area contributed by atoms with Gasteiger partial charge in [0.25, 0.3) is 0 Å². The third-order valence-corrected chi connectivity index (χ3v) is 5.13. The summed E-state index contributed by atoms with van der Waals surface area (Å²) in [6, 6.07) is 15.5. The van der Waals surface area contributed by atoms with Crippen LogP contribution in [0.5, 0.6) is 0 Å². The number of halogens is 2. The quantitative estimate of drug-likeness (QED) is 0.665. The zero-order chi connectivity index (χ0) is 18.8. The standard InChI is InChI=1S/C21H18Cl2N4/c22-15-5-6-20-18(9-15)21(14-7-16(24)11-25-10-14)27-17(12-26-20)8-13-3-1-2-4-19(13)23/h1-7,9-11,17,26H,8,12,24H2. The summed E-state index contributed by atoms with van der Waals surface area (Å²) >= 11 is 12.6. The summed E-state index contributed by atoms with van der Waals surface area (Å²) in [5, 5.41) is 4.90. The van der Waals surface area contributed by atoms with Crippen LogP contribution in [0, 0.1) is 0 Å². The zero-order valence-corrected chi connectivity index (χ0v) is 16.0. The van der Waals surface area contributed by atoms with Crippen LogP contribution in [0.3, 0.4) is 0 Å². The van der Waals surface area contributed by atoms with Crippen LogP contribution >= 0.6 is 23.2 Å². The summed E-state index contributed by atoms with van der Waals surface area (Å²) < 4.78 is 0. The fourth-order valence-electron chi connectivity index (χ4n) is 3.24. The molecular weight excluding hydrogens is 379 g/mol. The van der Waals surface area contributed by atoms with Gasteiger partial charge < -0.3 is 11.1 Å². The maximum Gasteiger partial charge on any atom is 0.0760 e. The lowest BCUT2D eigenvalue weighted by molar-refractivity contribution is 0.706. The molecule has 0 fully saturated rings. The first kappa shape index (κ1) is 17.8. The van der Waals surface area contributed by atoms with Crippen LogP contribution in [0.15, 0.2) is 65.9 Å². The van der Waals surface area contributed by atoms with E-state index in [1.165, 1.54) is 0 Å². The molecule has 2 heterocycles. The van der Waals surface area contributed by atoms with Crippen LogP contribution in [-0.4, -0.2) is 23.3 Å². The van der Waals surface area contributed by atoms with Crippen molar-refractivity contribution in [3.8, 4) is 0 Å². The summed E-state index contributed by atoms with van der Waals surface area (Å²) in [5.74, 6) is 0. The van der Waals surface area contributed by atoms with Gasteiger partial charge in [0.15, 0.2) is 0 Å². The molecule has 0 radical (unpaired) electrons. The van der Waals surface area contributed by atoms with E-state index >= 15 is 0 Å². The molecule has 3 aromatic rings. The summed E-state index contributed by atoms with van der Waals surface area (Å²) in [7, 11) is 0. The van der Waals surface area contributed by atoms with E-state index in [-0.39, 0.29) is 6.04 Å². The Kier molecular flexibility index (Phi) is 5.01. The van der Waals surface area contributed by atoms with Gasteiger partial charge in [-0.2, -0.15) is 0 Å². The van der Waals surface area contributed by atoms with E-state index < -0.39 is 0 Å². The molecule has 0 saturated heterocycles. The fourth-order valence-corrected chi connectivity index (χ4v) is 3.63. The van der Waals surface area contributed by atoms with Crippen molar-refractivity contribution >= 4 is 40.3 Å². The summed E-state index contributed by atoms with van der Waals surface area (Å²) in [6.07, 6.45) is 4.13. The van der Waals surface area contributed by atoms with Crippen molar-refractivity contribution in [2.45, 2.75) is 12.5 Å². The van der Waals surface area contributed by atoms with Crippen molar-refractivity contribution in [3.63, 3.8) is 0 Å². The Morgan fingerprint density at radius 3 is 2.74 bits per heavy atom. The Morgan fingerprint density at radius 2 is 1.93 bits per heavy atom. The second kappa shape index (κ2) is 7.59. The first-order valence-corrected chi connectivity index (χ1v) is 9.41. The molecule has 27 heavy (non-hydrogen) atoms. The number of pyridine rings is 1. The summed E-state index contributed by atoms with van der Waals surface area (Å²) in [5.41, 5.74) is 11.2. The molecule has 1 atom stereocenters. The number of benzene rings is 2. The number of aliphatic imine (C=N–C) groups is 1. The molecule has 0 spiro atoms. The van der Waals surface area contributed by atoms with Crippen molar-refractivity contribution in [2.24, 2.45) is 4.99 Å². The van der Waals surface area contributed by atoms with Gasteiger partial charge in [0.05, 0.1) is 17.4 Å². The summed E-state index contributed by atoms with van der Waals surface area (Å²) in [6.45, 7) is 0.694. The van der Waals surface area contributed by atoms with E-state index in [9.17, 15) is 0 Å². The second-order valence-corrected chi connectivity index (χ2v) is 7.35. The molecule has 0 amide bonds. The maximum absolute atomic E-state index is 6.36. The van der Waals surface area contributed by atoms with Crippen molar-refractivity contribution in [2.75, 3.05) is 17.6 Å². The molecule has 136 valence electrons. The number of nitrogen functional groups attached to an aromatic ring is 1. The second-order valence-electron chi connectivity index (χ2n) is 6.50. The molecule has 6 heteroatoms. The monoisotopic (exact) mass is 396 g/mol. The molecule has 4 rings (SSSR count). The topological polar surface area (TPSA) is 63.3 Å². The highest BCUT2D eigenvalue weighted by Gasteiger charge is 2.21. The molecule has 3 N–H and O–H groups in total. The minimum atomic E-state index is 0.00695. The van der Waals surface area contributed by atoms with E-state index in [0.29, 0.717) is 17.3 Å². The highest BCUT2D eigenvalue weighted by Crippen LogP contribution is 2.28. The molecular formula is C21H18Cl2N4. The van der Waals surface area contributed by atoms with Crippen LogP contribution in [-0.2, 0) is 6.42 Å². The number of anilines is 2. The highest BCUT2D eigenvalue weighted by molar-refractivity contribution is 6.32. The van der Waals surface area contributed by atoms with Crippen molar-refractivity contribution in [1.82, 2.24) is 4.98 Å². The van der Waals surface area contributed by atoms with Gasteiger partial charge in [-0.25, -0.2) is 0 Å². The molecule has 0 bridgehead atoms. The van der Waals surface area contributed by atoms with E-state index in [1.54, 1.807) is 12.4 Å². The van der Waals surface area contributed by atoms with E-state index in [4.69, 9.17) is 33.9 Å². The van der Waals surface area contributed by atoms with Crippen LogP contribution < -0.4 is 11.1 Å². The smallest absolute Gasteiger partial charge is 0.0760 e. The van der Waals surface area contributed by atoms with Gasteiger partial charge in [0.2, 0.25) is 0 Å². The van der Waals surface area contributed by atoms with Gasteiger partial charge in [-0.3, -0.25) is 9.98 Å². The lowest BCUT2D eigenvalue weighted by Crippen LogP contribution is -2.20. The third-order valence-electron chi connectivity index (χ3n) is 4.52. The normalized spacial score (nSPS) is 16.1. The van der Waals surface area contributed by atoms with Crippen molar-refractivity contribution < 1.29 is 0 Å². The average molecular weight is 397 g/mol. The first-order chi connectivity index (χ1) is 13.1. The number of rotatable bonds is 3. The van der Waals surface area contributed by atoms with Gasteiger partial charge in [0, 0.05) is 45.8 Å². The number of benzodiazepines with no additional fused rings is 1. The lowest BCUT2D eigenvalue weighted by atomic mass is 10.0. The van der Waals surface area contributed by atoms with Crippen molar-refractivity contribution in [3.05, 3.63) is 87.7 Å². The van der Waals surface area contributed by atoms with Gasteiger partial charge in [-0.05, 0) is 42.3 Å². The van der Waals surface area contributed by atoms with Gasteiger partial charge in [-0.1, -0.05) is 41.4 Å². The van der Waals surface area contributed by atoms with E-state index in [2.05, 4.69) is 10.3 Å². The number of fused-ring (bicyclic) bond motifs is 1. The molecule has 0 saturated carbocycles. The zero-order valence-electron chi connectivity index (χ0n) is 14.5. The molecule has 1 aromatic heterocycles. The highest BCUT2D eigenvalue weighted by atomic mass is 35.5. The number of aromatic nitrogens is 1. The predicted octanol–water partition coefficient (Wildman–Crippen LogP) is 4.84. The first-order valence-electron chi connectivity index (χ1n) is 8.66. The lowest BCUT2D eigenvalue weighted by Gasteiger charge is -2.13. The van der Waals surface area contributed by atoms with Gasteiger partial charge in [-0.15, -0.1) is 0 Å². The third kappa shape index (κ3) is 3.92. The average Bonchev–Trinajstić information content (AvgIpc) is 2.83. The molecule has 4 nitrogen and oxygen atoms in total. The largest absolute Gasteiger partial charge is 0.397 e. The Bertz CT molecular complexity index is 1020. The molecule has 0 aliphatic carbocycles. The van der Waals surface area contributed by atoms with Crippen molar-refractivity contribution in [1.29, 1.82) is 0 Å². The predicted molar refractivity (Wildman–Crippen MR) is 113 cm³/mol. The Balaban J connectivity index is 1.79. The number of nitrogens with zero attached hydrogens (tertiary/aromatic N) is 2. The Morgan fingerprint density at radius 1 is 1.07 bits per heavy atom. The van der Waals surface area contributed by atoms with Crippen LogP contribution in [0.4, 0.5) is 11.4 Å². The Labute approximate surface area is 168 Å². The number of nitrogens with two attached hydrogens (primary N) is 1. The SMILES string of the molecule is Nc1cncc(C2=NC(Cc3ccccc3Cl)CNc3ccc(Cl)cc32)c1.